The second kappa shape index (κ2) is 8.70. The van der Waals surface area contributed by atoms with Gasteiger partial charge in [0.05, 0.1) is 6.54 Å². The average molecular weight is 262 g/mol. The first-order chi connectivity index (χ1) is 9.11. The molecule has 2 unspecified atom stereocenters. The summed E-state index contributed by atoms with van der Waals surface area (Å²) in [7, 11) is 0. The first-order valence-electron chi connectivity index (χ1n) is 7.18. The van der Waals surface area contributed by atoms with Crippen molar-refractivity contribution in [2.45, 2.75) is 52.1 Å². The Kier molecular flexibility index (Phi) is 7.19. The average Bonchev–Trinajstić information content (AvgIpc) is 2.43. The monoisotopic (exact) mass is 262 g/mol. The minimum atomic E-state index is 0.0842. The summed E-state index contributed by atoms with van der Waals surface area (Å²) in [6.45, 7) is 6.62. The van der Waals surface area contributed by atoms with E-state index in [1.165, 1.54) is 5.56 Å². The number of aryl methyl sites for hydroxylation is 1. The second-order valence-electron chi connectivity index (χ2n) is 5.18. The van der Waals surface area contributed by atoms with E-state index in [-0.39, 0.29) is 11.9 Å². The van der Waals surface area contributed by atoms with Gasteiger partial charge in [0.15, 0.2) is 0 Å². The van der Waals surface area contributed by atoms with E-state index in [1.54, 1.807) is 0 Å². The second-order valence-corrected chi connectivity index (χ2v) is 5.18. The molecule has 2 N–H and O–H groups in total. The standard InChI is InChI=1S/C16H26N2O/c1-4-13(2)18-16(19)12-17-14(3)10-11-15-8-6-5-7-9-15/h5-9,13-14,17H,4,10-12H2,1-3H3,(H,18,19). The van der Waals surface area contributed by atoms with Gasteiger partial charge in [0.2, 0.25) is 5.91 Å². The quantitative estimate of drug-likeness (QED) is 0.756. The Morgan fingerprint density at radius 3 is 2.47 bits per heavy atom. The lowest BCUT2D eigenvalue weighted by Gasteiger charge is -2.15. The molecule has 1 aromatic carbocycles. The van der Waals surface area contributed by atoms with Crippen molar-refractivity contribution in [1.82, 2.24) is 10.6 Å². The molecule has 0 spiro atoms. The summed E-state index contributed by atoms with van der Waals surface area (Å²) in [4.78, 5) is 11.6. The molecule has 0 saturated heterocycles. The third kappa shape index (κ3) is 6.97. The molecular formula is C16H26N2O. The van der Waals surface area contributed by atoms with Crippen molar-refractivity contribution in [2.24, 2.45) is 0 Å². The SMILES string of the molecule is CCC(C)NC(=O)CNC(C)CCc1ccccc1. The first-order valence-corrected chi connectivity index (χ1v) is 7.18. The Bertz CT molecular complexity index is 364. The molecule has 0 bridgehead atoms. The van der Waals surface area contributed by atoms with Crippen molar-refractivity contribution in [3.05, 3.63) is 35.9 Å². The summed E-state index contributed by atoms with van der Waals surface area (Å²) in [5, 5.41) is 6.23. The number of carbonyl (C=O) groups excluding carboxylic acids is 1. The zero-order valence-electron chi connectivity index (χ0n) is 12.3. The molecule has 0 aromatic heterocycles. The first kappa shape index (κ1) is 15.7. The van der Waals surface area contributed by atoms with Crippen LogP contribution in [0.3, 0.4) is 0 Å². The Morgan fingerprint density at radius 1 is 1.16 bits per heavy atom. The predicted molar refractivity (Wildman–Crippen MR) is 80.1 cm³/mol. The molecule has 1 rings (SSSR count). The van der Waals surface area contributed by atoms with Gasteiger partial charge in [-0.1, -0.05) is 37.3 Å². The van der Waals surface area contributed by atoms with Crippen LogP contribution in [-0.2, 0) is 11.2 Å². The molecule has 2 atom stereocenters. The molecule has 3 nitrogen and oxygen atoms in total. The van der Waals surface area contributed by atoms with Crippen LogP contribution in [0.15, 0.2) is 30.3 Å². The van der Waals surface area contributed by atoms with Crippen LogP contribution in [0.4, 0.5) is 0 Å². The third-order valence-electron chi connectivity index (χ3n) is 3.34. The number of amides is 1. The number of benzene rings is 1. The van der Waals surface area contributed by atoms with Gasteiger partial charge < -0.3 is 10.6 Å². The van der Waals surface area contributed by atoms with Crippen LogP contribution in [0, 0.1) is 0 Å². The molecule has 106 valence electrons. The van der Waals surface area contributed by atoms with Crippen LogP contribution in [0.25, 0.3) is 0 Å². The molecule has 0 aliphatic rings. The molecule has 3 heteroatoms. The maximum atomic E-state index is 11.6. The fourth-order valence-electron chi connectivity index (χ4n) is 1.82. The van der Waals surface area contributed by atoms with Crippen molar-refractivity contribution >= 4 is 5.91 Å². The van der Waals surface area contributed by atoms with Gasteiger partial charge in [0.1, 0.15) is 0 Å². The fraction of sp³-hybridized carbons (Fsp3) is 0.562. The van der Waals surface area contributed by atoms with Crippen molar-refractivity contribution in [3.63, 3.8) is 0 Å². The van der Waals surface area contributed by atoms with E-state index in [1.807, 2.05) is 13.0 Å². The summed E-state index contributed by atoms with van der Waals surface area (Å²) in [5.74, 6) is 0.0842. The lowest BCUT2D eigenvalue weighted by Crippen LogP contribution is -2.41. The Labute approximate surface area is 116 Å². The van der Waals surface area contributed by atoms with E-state index >= 15 is 0 Å². The molecule has 1 aromatic rings. The van der Waals surface area contributed by atoms with Crippen LogP contribution < -0.4 is 10.6 Å². The number of carbonyl (C=O) groups is 1. The van der Waals surface area contributed by atoms with E-state index < -0.39 is 0 Å². The van der Waals surface area contributed by atoms with Crippen molar-refractivity contribution in [2.75, 3.05) is 6.54 Å². The van der Waals surface area contributed by atoms with Gasteiger partial charge in [-0.3, -0.25) is 4.79 Å². The largest absolute Gasteiger partial charge is 0.353 e. The van der Waals surface area contributed by atoms with Gasteiger partial charge in [0.25, 0.3) is 0 Å². The molecule has 0 aliphatic carbocycles. The molecule has 0 heterocycles. The maximum absolute atomic E-state index is 11.6. The van der Waals surface area contributed by atoms with E-state index in [0.29, 0.717) is 12.6 Å². The number of hydrogen-bond donors (Lipinski definition) is 2. The van der Waals surface area contributed by atoms with Gasteiger partial charge in [-0.15, -0.1) is 0 Å². The van der Waals surface area contributed by atoms with E-state index in [9.17, 15) is 4.79 Å². The summed E-state index contributed by atoms with van der Waals surface area (Å²) in [6, 6.07) is 11.0. The molecule has 0 saturated carbocycles. The van der Waals surface area contributed by atoms with Crippen LogP contribution in [0.5, 0.6) is 0 Å². The lowest BCUT2D eigenvalue weighted by molar-refractivity contribution is -0.121. The molecular weight excluding hydrogens is 236 g/mol. The highest BCUT2D eigenvalue weighted by atomic mass is 16.1. The number of nitrogens with one attached hydrogen (secondary N) is 2. The normalized spacial score (nSPS) is 13.8. The Morgan fingerprint density at radius 2 is 1.84 bits per heavy atom. The van der Waals surface area contributed by atoms with Gasteiger partial charge in [0, 0.05) is 12.1 Å². The van der Waals surface area contributed by atoms with E-state index in [0.717, 1.165) is 19.3 Å². The lowest BCUT2D eigenvalue weighted by atomic mass is 10.1. The molecule has 0 aliphatic heterocycles. The molecule has 0 fully saturated rings. The summed E-state index contributed by atoms with van der Waals surface area (Å²) in [6.07, 6.45) is 3.05. The minimum Gasteiger partial charge on any atom is -0.353 e. The summed E-state index contributed by atoms with van der Waals surface area (Å²) in [5.41, 5.74) is 1.35. The predicted octanol–water partition coefficient (Wildman–Crippen LogP) is 2.51. The molecule has 1 amide bonds. The van der Waals surface area contributed by atoms with Crippen LogP contribution in [-0.4, -0.2) is 24.5 Å². The zero-order chi connectivity index (χ0) is 14.1. The van der Waals surface area contributed by atoms with E-state index in [4.69, 9.17) is 0 Å². The minimum absolute atomic E-state index is 0.0842. The maximum Gasteiger partial charge on any atom is 0.234 e. The van der Waals surface area contributed by atoms with Gasteiger partial charge >= 0.3 is 0 Å². The summed E-state index contributed by atoms with van der Waals surface area (Å²) >= 11 is 0. The van der Waals surface area contributed by atoms with Crippen molar-refractivity contribution in [1.29, 1.82) is 0 Å². The number of rotatable bonds is 8. The van der Waals surface area contributed by atoms with Crippen molar-refractivity contribution in [3.8, 4) is 0 Å². The highest BCUT2D eigenvalue weighted by Gasteiger charge is 2.07. The summed E-state index contributed by atoms with van der Waals surface area (Å²) < 4.78 is 0. The van der Waals surface area contributed by atoms with Crippen LogP contribution in [0.2, 0.25) is 0 Å². The highest BCUT2D eigenvalue weighted by Crippen LogP contribution is 2.04. The van der Waals surface area contributed by atoms with Gasteiger partial charge in [-0.25, -0.2) is 0 Å². The smallest absolute Gasteiger partial charge is 0.234 e. The highest BCUT2D eigenvalue weighted by molar-refractivity contribution is 5.78. The number of hydrogen-bond acceptors (Lipinski definition) is 2. The third-order valence-corrected chi connectivity index (χ3v) is 3.34. The zero-order valence-corrected chi connectivity index (χ0v) is 12.3. The van der Waals surface area contributed by atoms with Crippen LogP contribution in [0.1, 0.15) is 39.2 Å². The van der Waals surface area contributed by atoms with Gasteiger partial charge in [-0.05, 0) is 38.7 Å². The van der Waals surface area contributed by atoms with Gasteiger partial charge in [-0.2, -0.15) is 0 Å². The molecule has 0 radical (unpaired) electrons. The molecule has 19 heavy (non-hydrogen) atoms. The topological polar surface area (TPSA) is 41.1 Å². The van der Waals surface area contributed by atoms with E-state index in [2.05, 4.69) is 48.7 Å². The van der Waals surface area contributed by atoms with Crippen molar-refractivity contribution < 1.29 is 4.79 Å². The fourth-order valence-corrected chi connectivity index (χ4v) is 1.82. The van der Waals surface area contributed by atoms with Crippen LogP contribution >= 0.6 is 0 Å². The Hall–Kier alpha value is -1.35. The Balaban J connectivity index is 2.17.